The molecular weight excluding hydrogens is 228 g/mol. The third-order valence-electron chi connectivity index (χ3n) is 2.50. The maximum atomic E-state index is 11.9. The van der Waals surface area contributed by atoms with Crippen molar-refractivity contribution in [2.24, 2.45) is 5.92 Å². The molecular formula is C14H18N2O2. The van der Waals surface area contributed by atoms with E-state index < -0.39 is 6.04 Å². The number of ether oxygens (including phenoxy) is 1. The molecule has 1 amide bonds. The summed E-state index contributed by atoms with van der Waals surface area (Å²) >= 11 is 0. The Hall–Kier alpha value is -2.02. The normalized spacial score (nSPS) is 11.7. The average Bonchev–Trinajstić information content (AvgIpc) is 2.37. The first-order valence-corrected chi connectivity index (χ1v) is 5.91. The predicted molar refractivity (Wildman–Crippen MR) is 69.3 cm³/mol. The minimum absolute atomic E-state index is 0.249. The van der Waals surface area contributed by atoms with Crippen molar-refractivity contribution in [2.45, 2.75) is 26.3 Å². The van der Waals surface area contributed by atoms with E-state index in [9.17, 15) is 4.79 Å². The third-order valence-corrected chi connectivity index (χ3v) is 2.50. The fraction of sp³-hybridized carbons (Fsp3) is 0.429. The van der Waals surface area contributed by atoms with Gasteiger partial charge >= 0.3 is 0 Å². The van der Waals surface area contributed by atoms with E-state index in [0.29, 0.717) is 23.7 Å². The molecule has 0 fully saturated rings. The highest BCUT2D eigenvalue weighted by molar-refractivity contribution is 5.94. The topological polar surface area (TPSA) is 62.1 Å². The lowest BCUT2D eigenvalue weighted by atomic mass is 10.0. The molecule has 1 unspecified atom stereocenters. The molecule has 1 atom stereocenters. The number of nitrogens with one attached hydrogen (secondary N) is 1. The Kier molecular flexibility index (Phi) is 5.19. The average molecular weight is 246 g/mol. The van der Waals surface area contributed by atoms with Gasteiger partial charge < -0.3 is 10.1 Å². The molecule has 0 aliphatic carbocycles. The summed E-state index contributed by atoms with van der Waals surface area (Å²) < 4.78 is 5.06. The van der Waals surface area contributed by atoms with Crippen LogP contribution in [0, 0.1) is 17.2 Å². The second-order valence-corrected chi connectivity index (χ2v) is 4.52. The lowest BCUT2D eigenvalue weighted by molar-refractivity contribution is 0.0942. The molecule has 0 spiro atoms. The molecule has 0 heterocycles. The highest BCUT2D eigenvalue weighted by atomic mass is 16.5. The number of amides is 1. The summed E-state index contributed by atoms with van der Waals surface area (Å²) in [6.07, 6.45) is 0.645. The van der Waals surface area contributed by atoms with Gasteiger partial charge in [-0.25, -0.2) is 0 Å². The molecule has 1 rings (SSSR count). The van der Waals surface area contributed by atoms with Gasteiger partial charge in [-0.3, -0.25) is 4.79 Å². The quantitative estimate of drug-likeness (QED) is 0.867. The van der Waals surface area contributed by atoms with E-state index in [-0.39, 0.29) is 5.91 Å². The number of methoxy groups -OCH3 is 1. The minimum Gasteiger partial charge on any atom is -0.497 e. The lowest BCUT2D eigenvalue weighted by Crippen LogP contribution is -2.34. The number of carbonyl (C=O) groups is 1. The Morgan fingerprint density at radius 3 is 2.78 bits per heavy atom. The third kappa shape index (κ3) is 4.10. The molecule has 0 aliphatic rings. The fourth-order valence-electron chi connectivity index (χ4n) is 1.62. The number of carbonyl (C=O) groups excluding carboxylic acids is 1. The van der Waals surface area contributed by atoms with Gasteiger partial charge in [0.1, 0.15) is 11.8 Å². The number of nitrogens with zero attached hydrogens (tertiary/aromatic N) is 1. The van der Waals surface area contributed by atoms with Crippen molar-refractivity contribution < 1.29 is 9.53 Å². The zero-order valence-electron chi connectivity index (χ0n) is 10.9. The molecule has 0 aliphatic heterocycles. The summed E-state index contributed by atoms with van der Waals surface area (Å²) in [7, 11) is 1.55. The van der Waals surface area contributed by atoms with Crippen molar-refractivity contribution >= 4 is 5.91 Å². The van der Waals surface area contributed by atoms with E-state index >= 15 is 0 Å². The van der Waals surface area contributed by atoms with Crippen LogP contribution in [-0.2, 0) is 0 Å². The first kappa shape index (κ1) is 14.0. The number of rotatable bonds is 5. The van der Waals surface area contributed by atoms with Gasteiger partial charge in [-0.2, -0.15) is 5.26 Å². The molecule has 18 heavy (non-hydrogen) atoms. The van der Waals surface area contributed by atoms with E-state index in [1.54, 1.807) is 31.4 Å². The summed E-state index contributed by atoms with van der Waals surface area (Å²) in [5.74, 6) is 0.737. The molecule has 0 aromatic heterocycles. The lowest BCUT2D eigenvalue weighted by Gasteiger charge is -2.13. The molecule has 1 aromatic carbocycles. The Bertz CT molecular complexity index is 449. The van der Waals surface area contributed by atoms with Gasteiger partial charge in [0.25, 0.3) is 5.91 Å². The molecule has 1 aromatic rings. The minimum atomic E-state index is -0.455. The van der Waals surface area contributed by atoms with E-state index in [0.717, 1.165) is 0 Å². The zero-order valence-corrected chi connectivity index (χ0v) is 10.9. The predicted octanol–water partition coefficient (Wildman–Crippen LogP) is 2.36. The highest BCUT2D eigenvalue weighted by Gasteiger charge is 2.14. The molecule has 0 saturated heterocycles. The summed E-state index contributed by atoms with van der Waals surface area (Å²) in [6.45, 7) is 4.03. The van der Waals surface area contributed by atoms with Crippen LogP contribution in [0.15, 0.2) is 24.3 Å². The standard InChI is InChI=1S/C14H18N2O2/c1-10(2)7-12(9-15)16-14(17)11-5-4-6-13(8-11)18-3/h4-6,8,10,12H,7H2,1-3H3,(H,16,17). The first-order valence-electron chi connectivity index (χ1n) is 5.91. The van der Waals surface area contributed by atoms with Gasteiger partial charge in [-0.05, 0) is 30.5 Å². The summed E-state index contributed by atoms with van der Waals surface area (Å²) in [6, 6.07) is 8.51. The van der Waals surface area contributed by atoms with Gasteiger partial charge in [-0.1, -0.05) is 19.9 Å². The molecule has 4 heteroatoms. The number of benzene rings is 1. The monoisotopic (exact) mass is 246 g/mol. The Labute approximate surface area is 108 Å². The first-order chi connectivity index (χ1) is 8.56. The molecule has 1 N–H and O–H groups in total. The highest BCUT2D eigenvalue weighted by Crippen LogP contribution is 2.13. The van der Waals surface area contributed by atoms with Crippen molar-refractivity contribution in [3.63, 3.8) is 0 Å². The van der Waals surface area contributed by atoms with Gasteiger partial charge in [0.05, 0.1) is 13.2 Å². The van der Waals surface area contributed by atoms with Crippen LogP contribution in [-0.4, -0.2) is 19.1 Å². The number of hydrogen-bond donors (Lipinski definition) is 1. The van der Waals surface area contributed by atoms with Crippen molar-refractivity contribution in [1.82, 2.24) is 5.32 Å². The number of nitriles is 1. The van der Waals surface area contributed by atoms with Crippen LogP contribution in [0.1, 0.15) is 30.6 Å². The molecule has 96 valence electrons. The second-order valence-electron chi connectivity index (χ2n) is 4.52. The number of hydrogen-bond acceptors (Lipinski definition) is 3. The van der Waals surface area contributed by atoms with Crippen molar-refractivity contribution in [3.05, 3.63) is 29.8 Å². The Morgan fingerprint density at radius 2 is 2.22 bits per heavy atom. The van der Waals surface area contributed by atoms with Crippen LogP contribution in [0.5, 0.6) is 5.75 Å². The molecule has 0 bridgehead atoms. The van der Waals surface area contributed by atoms with E-state index in [1.165, 1.54) is 0 Å². The molecule has 0 saturated carbocycles. The zero-order chi connectivity index (χ0) is 13.5. The summed E-state index contributed by atoms with van der Waals surface area (Å²) in [5.41, 5.74) is 0.498. The maximum Gasteiger partial charge on any atom is 0.252 e. The van der Waals surface area contributed by atoms with E-state index in [2.05, 4.69) is 11.4 Å². The van der Waals surface area contributed by atoms with Crippen LogP contribution < -0.4 is 10.1 Å². The molecule has 4 nitrogen and oxygen atoms in total. The van der Waals surface area contributed by atoms with Gasteiger partial charge in [-0.15, -0.1) is 0 Å². The fourth-order valence-corrected chi connectivity index (χ4v) is 1.62. The van der Waals surface area contributed by atoms with Crippen molar-refractivity contribution in [3.8, 4) is 11.8 Å². The van der Waals surface area contributed by atoms with Crippen molar-refractivity contribution in [2.75, 3.05) is 7.11 Å². The van der Waals surface area contributed by atoms with Crippen LogP contribution in [0.4, 0.5) is 0 Å². The van der Waals surface area contributed by atoms with E-state index in [4.69, 9.17) is 10.00 Å². The van der Waals surface area contributed by atoms with E-state index in [1.807, 2.05) is 13.8 Å². The Balaban J connectivity index is 2.72. The van der Waals surface area contributed by atoms with Crippen molar-refractivity contribution in [1.29, 1.82) is 5.26 Å². The Morgan fingerprint density at radius 1 is 1.50 bits per heavy atom. The van der Waals surface area contributed by atoms with Crippen LogP contribution in [0.3, 0.4) is 0 Å². The van der Waals surface area contributed by atoms with Crippen LogP contribution in [0.2, 0.25) is 0 Å². The molecule has 0 radical (unpaired) electrons. The van der Waals surface area contributed by atoms with Crippen LogP contribution in [0.25, 0.3) is 0 Å². The maximum absolute atomic E-state index is 11.9. The second kappa shape index (κ2) is 6.65. The van der Waals surface area contributed by atoms with Crippen LogP contribution >= 0.6 is 0 Å². The summed E-state index contributed by atoms with van der Waals surface area (Å²) in [4.78, 5) is 11.9. The largest absolute Gasteiger partial charge is 0.497 e. The van der Waals surface area contributed by atoms with Gasteiger partial charge in [0.15, 0.2) is 0 Å². The SMILES string of the molecule is COc1cccc(C(=O)NC(C#N)CC(C)C)c1. The smallest absolute Gasteiger partial charge is 0.252 e. The van der Waals surface area contributed by atoms with Gasteiger partial charge in [0.2, 0.25) is 0 Å². The summed E-state index contributed by atoms with van der Waals surface area (Å²) in [5, 5.41) is 11.7. The van der Waals surface area contributed by atoms with Gasteiger partial charge in [0, 0.05) is 5.56 Å².